The van der Waals surface area contributed by atoms with Crippen LogP contribution in [0.2, 0.25) is 0 Å². The Hall–Kier alpha value is -2.74. The molecule has 4 N–H and O–H groups in total. The number of nitrogen functional groups attached to an aromatic ring is 1. The van der Waals surface area contributed by atoms with Crippen LogP contribution in [-0.2, 0) is 0 Å². The van der Waals surface area contributed by atoms with Gasteiger partial charge in [-0.2, -0.15) is 0 Å². The van der Waals surface area contributed by atoms with E-state index in [1.807, 2.05) is 12.1 Å². The van der Waals surface area contributed by atoms with E-state index in [2.05, 4.69) is 60.7 Å². The molecule has 0 aliphatic heterocycles. The Balaban J connectivity index is 1.97. The Bertz CT molecular complexity index is 868. The quantitative estimate of drug-likeness (QED) is 0.778. The number of rotatable bonds is 1. The average molecular weight is 286 g/mol. The van der Waals surface area contributed by atoms with Crippen LogP contribution in [0.3, 0.4) is 0 Å². The van der Waals surface area contributed by atoms with Crippen molar-refractivity contribution in [3.8, 4) is 0 Å². The zero-order valence-corrected chi connectivity index (χ0v) is 12.2. The fraction of sp³-hybridized carbons (Fsp3) is 0.100. The maximum Gasteiger partial charge on any atom is 0.0365 e. The first-order chi connectivity index (χ1) is 10.8. The molecule has 2 nitrogen and oxygen atoms in total. The minimum Gasteiger partial charge on any atom is -0.402 e. The van der Waals surface area contributed by atoms with Crippen molar-refractivity contribution in [2.75, 3.05) is 5.73 Å². The third-order valence-electron chi connectivity index (χ3n) is 4.61. The summed E-state index contributed by atoms with van der Waals surface area (Å²) in [5.41, 5.74) is 16.8. The molecule has 0 aromatic heterocycles. The van der Waals surface area contributed by atoms with E-state index in [9.17, 15) is 0 Å². The number of fused-ring (bicyclic) bond motifs is 2. The first-order valence-corrected chi connectivity index (χ1v) is 7.55. The highest BCUT2D eigenvalue weighted by Crippen LogP contribution is 2.44. The molecule has 0 saturated heterocycles. The van der Waals surface area contributed by atoms with Crippen LogP contribution in [0.25, 0.3) is 10.8 Å². The molecule has 0 heterocycles. The Morgan fingerprint density at radius 2 is 1.73 bits per heavy atom. The van der Waals surface area contributed by atoms with Gasteiger partial charge in [-0.3, -0.25) is 0 Å². The Kier molecular flexibility index (Phi) is 2.90. The van der Waals surface area contributed by atoms with Gasteiger partial charge in [-0.1, -0.05) is 60.7 Å². The molecule has 2 atom stereocenters. The maximum absolute atomic E-state index is 6.38. The van der Waals surface area contributed by atoms with Crippen LogP contribution in [0.1, 0.15) is 11.5 Å². The average Bonchev–Trinajstić information content (AvgIpc) is 2.56. The van der Waals surface area contributed by atoms with Crippen LogP contribution >= 0.6 is 0 Å². The molecular weight excluding hydrogens is 268 g/mol. The smallest absolute Gasteiger partial charge is 0.0365 e. The molecule has 2 aromatic rings. The number of hydrogen-bond acceptors (Lipinski definition) is 2. The highest BCUT2D eigenvalue weighted by Gasteiger charge is 2.31. The Morgan fingerprint density at radius 3 is 2.64 bits per heavy atom. The Labute approximate surface area is 130 Å². The Morgan fingerprint density at radius 1 is 0.864 bits per heavy atom. The molecule has 0 saturated carbocycles. The van der Waals surface area contributed by atoms with E-state index in [0.29, 0.717) is 0 Å². The summed E-state index contributed by atoms with van der Waals surface area (Å²) in [6.07, 6.45) is 12.7. The minimum atomic E-state index is 0.0901. The minimum absolute atomic E-state index is 0.0901. The van der Waals surface area contributed by atoms with Gasteiger partial charge in [-0.15, -0.1) is 0 Å². The number of anilines is 1. The highest BCUT2D eigenvalue weighted by molar-refractivity contribution is 5.91. The van der Waals surface area contributed by atoms with Crippen LogP contribution in [0.5, 0.6) is 0 Å². The zero-order valence-electron chi connectivity index (χ0n) is 12.2. The predicted molar refractivity (Wildman–Crippen MR) is 93.2 cm³/mol. The van der Waals surface area contributed by atoms with E-state index in [4.69, 9.17) is 11.5 Å². The van der Waals surface area contributed by atoms with Gasteiger partial charge in [-0.05, 0) is 34.1 Å². The van der Waals surface area contributed by atoms with E-state index in [1.165, 1.54) is 16.3 Å². The third kappa shape index (κ3) is 1.88. The van der Waals surface area contributed by atoms with Gasteiger partial charge in [0.25, 0.3) is 0 Å². The second kappa shape index (κ2) is 4.92. The third-order valence-corrected chi connectivity index (χ3v) is 4.61. The molecule has 2 aromatic carbocycles. The van der Waals surface area contributed by atoms with Crippen LogP contribution < -0.4 is 11.5 Å². The number of allylic oxidation sites excluding steroid dienone is 8. The maximum atomic E-state index is 6.38. The van der Waals surface area contributed by atoms with Gasteiger partial charge in [-0.25, -0.2) is 0 Å². The van der Waals surface area contributed by atoms with E-state index >= 15 is 0 Å². The molecule has 2 aliphatic rings. The molecule has 0 radical (unpaired) electrons. The molecule has 0 spiro atoms. The monoisotopic (exact) mass is 286 g/mol. The summed E-state index contributed by atoms with van der Waals surface area (Å²) in [5.74, 6) is 0.343. The standard InChI is InChI=1S/C20H18N2/c21-17-11-9-13-5-1-3-7-15(13)19(17)20-16-8-4-2-6-14(16)10-12-18(20)22/h1-12,15,19H,21-22H2/t15?,19-/m0/s1. The second-order valence-corrected chi connectivity index (χ2v) is 5.87. The molecule has 0 amide bonds. The van der Waals surface area contributed by atoms with Crippen LogP contribution in [0.4, 0.5) is 5.69 Å². The lowest BCUT2D eigenvalue weighted by Crippen LogP contribution is -2.24. The summed E-state index contributed by atoms with van der Waals surface area (Å²) in [5, 5.41) is 2.39. The van der Waals surface area contributed by atoms with Gasteiger partial charge >= 0.3 is 0 Å². The fourth-order valence-electron chi connectivity index (χ4n) is 3.55. The van der Waals surface area contributed by atoms with Gasteiger partial charge in [0, 0.05) is 23.2 Å². The summed E-state index contributed by atoms with van der Waals surface area (Å²) < 4.78 is 0. The van der Waals surface area contributed by atoms with Crippen molar-refractivity contribution in [3.05, 3.63) is 89.7 Å². The predicted octanol–water partition coefficient (Wildman–Crippen LogP) is 4.03. The number of hydrogen-bond donors (Lipinski definition) is 2. The second-order valence-electron chi connectivity index (χ2n) is 5.87. The van der Waals surface area contributed by atoms with Crippen molar-refractivity contribution in [2.45, 2.75) is 5.92 Å². The lowest BCUT2D eigenvalue weighted by Gasteiger charge is -2.32. The summed E-state index contributed by atoms with van der Waals surface area (Å²) >= 11 is 0. The van der Waals surface area contributed by atoms with Gasteiger partial charge < -0.3 is 11.5 Å². The largest absolute Gasteiger partial charge is 0.402 e. The molecule has 2 aliphatic carbocycles. The van der Waals surface area contributed by atoms with Gasteiger partial charge in [0.1, 0.15) is 0 Å². The fourth-order valence-corrected chi connectivity index (χ4v) is 3.55. The molecule has 22 heavy (non-hydrogen) atoms. The van der Waals surface area contributed by atoms with Crippen molar-refractivity contribution in [1.82, 2.24) is 0 Å². The van der Waals surface area contributed by atoms with Crippen molar-refractivity contribution >= 4 is 16.5 Å². The molecule has 1 unspecified atom stereocenters. The summed E-state index contributed by atoms with van der Waals surface area (Å²) in [4.78, 5) is 0. The molecule has 0 bridgehead atoms. The summed E-state index contributed by atoms with van der Waals surface area (Å²) in [6.45, 7) is 0. The number of nitrogens with two attached hydrogens (primary N) is 2. The van der Waals surface area contributed by atoms with Gasteiger partial charge in [0.15, 0.2) is 0 Å². The molecule has 2 heteroatoms. The van der Waals surface area contributed by atoms with Crippen LogP contribution in [0, 0.1) is 5.92 Å². The van der Waals surface area contributed by atoms with Crippen molar-refractivity contribution in [3.63, 3.8) is 0 Å². The van der Waals surface area contributed by atoms with Crippen molar-refractivity contribution < 1.29 is 0 Å². The van der Waals surface area contributed by atoms with Crippen molar-refractivity contribution in [1.29, 1.82) is 0 Å². The number of benzene rings is 2. The van der Waals surface area contributed by atoms with Crippen molar-refractivity contribution in [2.24, 2.45) is 11.7 Å². The first kappa shape index (κ1) is 13.0. The van der Waals surface area contributed by atoms with Gasteiger partial charge in [0.2, 0.25) is 0 Å². The normalized spacial score (nSPS) is 23.1. The zero-order chi connectivity index (χ0) is 15.1. The molecule has 108 valence electrons. The lowest BCUT2D eigenvalue weighted by molar-refractivity contribution is 0.637. The SMILES string of the molecule is NC1=CC=C2C=CC=CC2[C@@H]1c1c(N)ccc2ccccc12. The summed E-state index contributed by atoms with van der Waals surface area (Å²) in [6, 6.07) is 12.4. The topological polar surface area (TPSA) is 52.0 Å². The van der Waals surface area contributed by atoms with E-state index in [0.717, 1.165) is 16.9 Å². The first-order valence-electron chi connectivity index (χ1n) is 7.55. The van der Waals surface area contributed by atoms with Gasteiger partial charge in [0.05, 0.1) is 0 Å². The lowest BCUT2D eigenvalue weighted by atomic mass is 9.73. The highest BCUT2D eigenvalue weighted by atomic mass is 14.6. The van der Waals surface area contributed by atoms with E-state index in [1.54, 1.807) is 0 Å². The molecule has 0 fully saturated rings. The molecular formula is C20H18N2. The van der Waals surface area contributed by atoms with Crippen LogP contribution in [-0.4, -0.2) is 0 Å². The van der Waals surface area contributed by atoms with E-state index < -0.39 is 0 Å². The summed E-state index contributed by atoms with van der Waals surface area (Å²) in [7, 11) is 0. The van der Waals surface area contributed by atoms with Crippen LogP contribution in [0.15, 0.2) is 84.1 Å². The van der Waals surface area contributed by atoms with E-state index in [-0.39, 0.29) is 11.8 Å². The molecule has 4 rings (SSSR count).